The van der Waals surface area contributed by atoms with Crippen molar-refractivity contribution < 1.29 is 4.79 Å². The Labute approximate surface area is 48.4 Å². The Morgan fingerprint density at radius 2 is 1.88 bits per heavy atom. The Morgan fingerprint density at radius 3 is 2.00 bits per heavy atom. The second kappa shape index (κ2) is 3.07. The minimum absolute atomic E-state index is 0.301. The average Bonchev–Trinajstić information content (AvgIpc) is 1.61. The van der Waals surface area contributed by atoms with Crippen LogP contribution in [0.15, 0.2) is 12.3 Å². The van der Waals surface area contributed by atoms with Crippen LogP contribution >= 0.6 is 0 Å². The van der Waals surface area contributed by atoms with Crippen LogP contribution in [0.5, 0.6) is 0 Å². The molecule has 0 saturated carbocycles. The lowest BCUT2D eigenvalue weighted by molar-refractivity contribution is -0.117. The van der Waals surface area contributed by atoms with E-state index in [1.807, 2.05) is 0 Å². The number of amides is 1. The van der Waals surface area contributed by atoms with E-state index in [1.54, 1.807) is 0 Å². The molecule has 0 aliphatic heterocycles. The van der Waals surface area contributed by atoms with Crippen molar-refractivity contribution in [3.05, 3.63) is 12.3 Å². The predicted molar refractivity (Wildman–Crippen MR) is 31.8 cm³/mol. The molecule has 3 nitrogen and oxygen atoms in total. The lowest BCUT2D eigenvalue weighted by Gasteiger charge is -1.92. The number of carbonyl (C=O) groups excluding carboxylic acids is 1. The summed E-state index contributed by atoms with van der Waals surface area (Å²) in [4.78, 5) is 10.0. The Bertz CT molecular complexity index is 95.0. The Balaban J connectivity index is 3.18. The number of hydrogen-bond donors (Lipinski definition) is 2. The van der Waals surface area contributed by atoms with Crippen LogP contribution in [0.1, 0.15) is 12.8 Å². The van der Waals surface area contributed by atoms with Gasteiger partial charge in [-0.2, -0.15) is 0 Å². The largest absolute Gasteiger partial charge is 0.403 e. The van der Waals surface area contributed by atoms with Crippen molar-refractivity contribution in [1.29, 1.82) is 0 Å². The molecule has 0 rings (SSSR count). The van der Waals surface area contributed by atoms with E-state index in [1.165, 1.54) is 0 Å². The lowest BCUT2D eigenvalue weighted by Crippen LogP contribution is -2.11. The standard InChI is InChI=1S/C5H10N2O/c1-4(6)2-3-5(7)8/h1-3,6H2,(H2,7,8). The number of primary amides is 1. The van der Waals surface area contributed by atoms with E-state index >= 15 is 0 Å². The summed E-state index contributed by atoms with van der Waals surface area (Å²) >= 11 is 0. The molecule has 0 unspecified atom stereocenters. The van der Waals surface area contributed by atoms with Gasteiger partial charge in [0, 0.05) is 12.1 Å². The quantitative estimate of drug-likeness (QED) is 0.530. The van der Waals surface area contributed by atoms with Crippen molar-refractivity contribution >= 4 is 5.91 Å². The highest BCUT2D eigenvalue weighted by atomic mass is 16.1. The van der Waals surface area contributed by atoms with Crippen LogP contribution < -0.4 is 11.5 Å². The first-order valence-electron chi connectivity index (χ1n) is 2.34. The fourth-order valence-electron chi connectivity index (χ4n) is 0.284. The Kier molecular flexibility index (Phi) is 2.69. The van der Waals surface area contributed by atoms with Gasteiger partial charge in [-0.05, 0) is 6.42 Å². The third kappa shape index (κ3) is 5.01. The van der Waals surface area contributed by atoms with Gasteiger partial charge in [-0.1, -0.05) is 6.58 Å². The maximum atomic E-state index is 10.0. The van der Waals surface area contributed by atoms with E-state index in [4.69, 9.17) is 11.5 Å². The van der Waals surface area contributed by atoms with Crippen molar-refractivity contribution in [1.82, 2.24) is 0 Å². The first-order chi connectivity index (χ1) is 3.63. The van der Waals surface area contributed by atoms with Crippen molar-refractivity contribution in [2.45, 2.75) is 12.8 Å². The molecule has 0 saturated heterocycles. The van der Waals surface area contributed by atoms with Gasteiger partial charge in [0.25, 0.3) is 0 Å². The fraction of sp³-hybridized carbons (Fsp3) is 0.400. The fourth-order valence-corrected chi connectivity index (χ4v) is 0.284. The molecule has 0 aromatic heterocycles. The number of hydrogen-bond acceptors (Lipinski definition) is 2. The van der Waals surface area contributed by atoms with Crippen molar-refractivity contribution in [2.24, 2.45) is 11.5 Å². The molecule has 0 spiro atoms. The van der Waals surface area contributed by atoms with E-state index < -0.39 is 0 Å². The first kappa shape index (κ1) is 7.01. The summed E-state index contributed by atoms with van der Waals surface area (Å²) in [7, 11) is 0. The number of nitrogens with two attached hydrogens (primary N) is 2. The van der Waals surface area contributed by atoms with Gasteiger partial charge in [0.05, 0.1) is 0 Å². The second-order valence-electron chi connectivity index (χ2n) is 1.62. The SMILES string of the molecule is C=C(N)CCC(N)=O. The monoisotopic (exact) mass is 114 g/mol. The van der Waals surface area contributed by atoms with E-state index in [2.05, 4.69) is 6.58 Å². The van der Waals surface area contributed by atoms with Gasteiger partial charge in [0.15, 0.2) is 0 Å². The highest BCUT2D eigenvalue weighted by molar-refractivity contribution is 5.73. The molecule has 0 aromatic carbocycles. The number of allylic oxidation sites excluding steroid dienone is 1. The van der Waals surface area contributed by atoms with Gasteiger partial charge in [-0.15, -0.1) is 0 Å². The minimum Gasteiger partial charge on any atom is -0.403 e. The summed E-state index contributed by atoms with van der Waals surface area (Å²) in [6.45, 7) is 3.40. The summed E-state index contributed by atoms with van der Waals surface area (Å²) in [5.41, 5.74) is 10.4. The van der Waals surface area contributed by atoms with Crippen LogP contribution in [-0.2, 0) is 4.79 Å². The highest BCUT2D eigenvalue weighted by Crippen LogP contribution is 1.91. The maximum absolute atomic E-state index is 10.0. The van der Waals surface area contributed by atoms with E-state index in [-0.39, 0.29) is 5.91 Å². The van der Waals surface area contributed by atoms with Crippen molar-refractivity contribution in [3.63, 3.8) is 0 Å². The maximum Gasteiger partial charge on any atom is 0.217 e. The van der Waals surface area contributed by atoms with Gasteiger partial charge in [0.1, 0.15) is 0 Å². The molecule has 46 valence electrons. The van der Waals surface area contributed by atoms with Gasteiger partial charge in [0.2, 0.25) is 5.91 Å². The van der Waals surface area contributed by atoms with Crippen LogP contribution in [0.2, 0.25) is 0 Å². The van der Waals surface area contributed by atoms with Crippen molar-refractivity contribution in [2.75, 3.05) is 0 Å². The van der Waals surface area contributed by atoms with Gasteiger partial charge in [-0.25, -0.2) is 0 Å². The van der Waals surface area contributed by atoms with Crippen LogP contribution in [0.3, 0.4) is 0 Å². The molecule has 3 heteroatoms. The number of carbonyl (C=O) groups is 1. The molecule has 0 heterocycles. The topological polar surface area (TPSA) is 69.1 Å². The third-order valence-electron chi connectivity index (χ3n) is 0.693. The van der Waals surface area contributed by atoms with E-state index in [0.29, 0.717) is 18.5 Å². The van der Waals surface area contributed by atoms with Gasteiger partial charge in [-0.3, -0.25) is 4.79 Å². The summed E-state index contributed by atoms with van der Waals surface area (Å²) in [5, 5.41) is 0. The smallest absolute Gasteiger partial charge is 0.217 e. The molecule has 1 amide bonds. The molecule has 0 bridgehead atoms. The summed E-state index contributed by atoms with van der Waals surface area (Å²) in [6, 6.07) is 0. The van der Waals surface area contributed by atoms with Crippen LogP contribution in [0.4, 0.5) is 0 Å². The van der Waals surface area contributed by atoms with Crippen LogP contribution in [0.25, 0.3) is 0 Å². The molecule has 0 aromatic rings. The van der Waals surface area contributed by atoms with Crippen LogP contribution in [-0.4, -0.2) is 5.91 Å². The molecule has 0 radical (unpaired) electrons. The molecule has 0 fully saturated rings. The van der Waals surface area contributed by atoms with Crippen LogP contribution in [0, 0.1) is 0 Å². The normalized spacial score (nSPS) is 8.50. The molecule has 0 atom stereocenters. The summed E-state index contributed by atoms with van der Waals surface area (Å²) in [5.74, 6) is -0.336. The predicted octanol–water partition coefficient (Wildman–Crippen LogP) is -0.276. The summed E-state index contributed by atoms with van der Waals surface area (Å²) < 4.78 is 0. The molecular formula is C5H10N2O. The summed E-state index contributed by atoms with van der Waals surface area (Å²) in [6.07, 6.45) is 0.796. The van der Waals surface area contributed by atoms with Gasteiger partial charge >= 0.3 is 0 Å². The van der Waals surface area contributed by atoms with E-state index in [9.17, 15) is 4.79 Å². The lowest BCUT2D eigenvalue weighted by atomic mass is 10.2. The Morgan fingerprint density at radius 1 is 1.38 bits per heavy atom. The molecule has 0 aliphatic rings. The van der Waals surface area contributed by atoms with Crippen molar-refractivity contribution in [3.8, 4) is 0 Å². The minimum atomic E-state index is -0.336. The second-order valence-corrected chi connectivity index (χ2v) is 1.62. The first-order valence-corrected chi connectivity index (χ1v) is 2.34. The van der Waals surface area contributed by atoms with E-state index in [0.717, 1.165) is 0 Å². The van der Waals surface area contributed by atoms with Gasteiger partial charge < -0.3 is 11.5 Å². The number of rotatable bonds is 3. The average molecular weight is 114 g/mol. The molecule has 8 heavy (non-hydrogen) atoms. The zero-order valence-electron chi connectivity index (χ0n) is 4.68. The Hall–Kier alpha value is -0.990. The highest BCUT2D eigenvalue weighted by Gasteiger charge is 1.92. The zero-order chi connectivity index (χ0) is 6.57. The molecule has 0 aliphatic carbocycles. The third-order valence-corrected chi connectivity index (χ3v) is 0.693. The molecule has 4 N–H and O–H groups in total. The molecular weight excluding hydrogens is 104 g/mol. The zero-order valence-corrected chi connectivity index (χ0v) is 4.68.